The molecule has 3 aromatic rings. The van der Waals surface area contributed by atoms with Gasteiger partial charge in [0.1, 0.15) is 0 Å². The molecule has 202 valence electrons. The van der Waals surface area contributed by atoms with Crippen LogP contribution in [0.1, 0.15) is 60.8 Å². The van der Waals surface area contributed by atoms with E-state index in [1.165, 1.54) is 18.4 Å². The molecule has 1 fully saturated rings. The van der Waals surface area contributed by atoms with Gasteiger partial charge in [0.05, 0.1) is 6.26 Å². The van der Waals surface area contributed by atoms with Gasteiger partial charge >= 0.3 is 6.03 Å². The van der Waals surface area contributed by atoms with Crippen molar-refractivity contribution >= 4 is 27.4 Å². The Morgan fingerprint density at radius 3 is 1.89 bits per heavy atom. The normalized spacial score (nSPS) is 14.5. The highest BCUT2D eigenvalue weighted by Crippen LogP contribution is 2.28. The Morgan fingerprint density at radius 1 is 0.842 bits per heavy atom. The quantitative estimate of drug-likeness (QED) is 0.311. The third-order valence-electron chi connectivity index (χ3n) is 7.26. The van der Waals surface area contributed by atoms with Crippen LogP contribution >= 0.6 is 0 Å². The number of anilines is 2. The smallest absolute Gasteiger partial charge is 0.317 e. The van der Waals surface area contributed by atoms with Crippen molar-refractivity contribution in [2.75, 3.05) is 16.3 Å². The number of carbonyl (C=O) groups is 1. The minimum absolute atomic E-state index is 0.0370. The van der Waals surface area contributed by atoms with Crippen LogP contribution in [0.5, 0.6) is 0 Å². The molecule has 1 aliphatic rings. The molecule has 0 atom stereocenters. The van der Waals surface area contributed by atoms with Crippen molar-refractivity contribution in [3.8, 4) is 11.1 Å². The second-order valence-corrected chi connectivity index (χ2v) is 12.4. The Balaban J connectivity index is 1.53. The number of aryl methyl sites for hydroxylation is 3. The summed E-state index contributed by atoms with van der Waals surface area (Å²) < 4.78 is 25.4. The lowest BCUT2D eigenvalue weighted by Crippen LogP contribution is -2.42. The molecule has 2 amide bonds. The van der Waals surface area contributed by atoms with Gasteiger partial charge in [0, 0.05) is 24.0 Å². The highest BCUT2D eigenvalue weighted by Gasteiger charge is 2.26. The topological polar surface area (TPSA) is 78.5 Å². The van der Waals surface area contributed by atoms with Crippen molar-refractivity contribution in [3.05, 3.63) is 82.9 Å². The van der Waals surface area contributed by atoms with Crippen LogP contribution in [0.3, 0.4) is 0 Å². The van der Waals surface area contributed by atoms with Crippen molar-refractivity contribution in [2.24, 2.45) is 0 Å². The Labute approximate surface area is 227 Å². The van der Waals surface area contributed by atoms with Crippen molar-refractivity contribution < 1.29 is 13.2 Å². The molecular formula is C31H39N3O3S. The van der Waals surface area contributed by atoms with E-state index < -0.39 is 10.0 Å². The lowest BCUT2D eigenvalue weighted by Gasteiger charge is -2.32. The number of carbonyl (C=O) groups excluding carboxylic acids is 1. The van der Waals surface area contributed by atoms with Crippen LogP contribution in [0.4, 0.5) is 16.2 Å². The summed E-state index contributed by atoms with van der Waals surface area (Å²) in [6, 6.07) is 20.0. The maximum absolute atomic E-state index is 13.7. The average Bonchev–Trinajstić information content (AvgIpc) is 3.14. The van der Waals surface area contributed by atoms with E-state index in [1.54, 1.807) is 12.1 Å². The van der Waals surface area contributed by atoms with E-state index in [4.69, 9.17) is 0 Å². The Bertz CT molecular complexity index is 1340. The summed E-state index contributed by atoms with van der Waals surface area (Å²) in [7, 11) is -3.30. The molecule has 0 spiro atoms. The number of nitrogens with zero attached hydrogens (tertiary/aromatic N) is 1. The monoisotopic (exact) mass is 533 g/mol. The number of hydrogen-bond acceptors (Lipinski definition) is 3. The zero-order valence-electron chi connectivity index (χ0n) is 22.9. The molecule has 3 aromatic carbocycles. The number of hydrogen-bond donors (Lipinski definition) is 2. The number of rotatable bonds is 7. The first-order chi connectivity index (χ1) is 18.1. The van der Waals surface area contributed by atoms with Crippen LogP contribution in [0.15, 0.2) is 60.7 Å². The molecule has 4 rings (SSSR count). The fourth-order valence-corrected chi connectivity index (χ4v) is 6.00. The number of amides is 2. The van der Waals surface area contributed by atoms with Crippen LogP contribution in [0.25, 0.3) is 11.1 Å². The Hall–Kier alpha value is -3.32. The minimum atomic E-state index is -3.30. The Kier molecular flexibility index (Phi) is 8.77. The number of nitrogens with one attached hydrogen (secondary N) is 2. The lowest BCUT2D eigenvalue weighted by atomic mass is 10.0. The van der Waals surface area contributed by atoms with E-state index >= 15 is 0 Å². The van der Waals surface area contributed by atoms with Gasteiger partial charge in [0.25, 0.3) is 0 Å². The predicted molar refractivity (Wildman–Crippen MR) is 157 cm³/mol. The number of benzene rings is 3. The molecule has 1 saturated carbocycles. The molecule has 38 heavy (non-hydrogen) atoms. The van der Waals surface area contributed by atoms with Crippen LogP contribution in [-0.2, 0) is 16.6 Å². The highest BCUT2D eigenvalue weighted by molar-refractivity contribution is 7.92. The Morgan fingerprint density at radius 2 is 1.37 bits per heavy atom. The minimum Gasteiger partial charge on any atom is -0.317 e. The van der Waals surface area contributed by atoms with Crippen molar-refractivity contribution in [1.82, 2.24) is 4.90 Å². The van der Waals surface area contributed by atoms with Gasteiger partial charge in [0.2, 0.25) is 10.0 Å². The standard InChI is InChI=1S/C31H39N3O3S/c1-22-19-23(2)30(24(3)20-22)32-31(35)34(29-9-7-5-6-8-10-29)21-25-11-13-26(14-12-25)27-15-17-28(18-16-27)33-38(4,36)37/h11-20,29,33H,5-10,21H2,1-4H3,(H,32,35). The van der Waals surface area contributed by atoms with Crippen molar-refractivity contribution in [2.45, 2.75) is 71.9 Å². The second kappa shape index (κ2) is 12.0. The van der Waals surface area contributed by atoms with E-state index in [9.17, 15) is 13.2 Å². The predicted octanol–water partition coefficient (Wildman–Crippen LogP) is 7.41. The fraction of sp³-hybridized carbons (Fsp3) is 0.387. The summed E-state index contributed by atoms with van der Waals surface area (Å²) in [6.45, 7) is 6.73. The zero-order valence-corrected chi connectivity index (χ0v) is 23.7. The van der Waals surface area contributed by atoms with E-state index in [1.807, 2.05) is 30.9 Å². The second-order valence-electron chi connectivity index (χ2n) is 10.6. The highest BCUT2D eigenvalue weighted by atomic mass is 32.2. The number of urea groups is 1. The SMILES string of the molecule is Cc1cc(C)c(NC(=O)N(Cc2ccc(-c3ccc(NS(C)(=O)=O)cc3)cc2)C2CCCCCC2)c(C)c1. The molecule has 7 heteroatoms. The van der Waals surface area contributed by atoms with Gasteiger partial charge in [-0.15, -0.1) is 0 Å². The number of sulfonamides is 1. The van der Waals surface area contributed by atoms with Crippen LogP contribution in [-0.4, -0.2) is 31.6 Å². The summed E-state index contributed by atoms with van der Waals surface area (Å²) in [6.07, 6.45) is 7.97. The van der Waals surface area contributed by atoms with Crippen LogP contribution in [0, 0.1) is 20.8 Å². The van der Waals surface area contributed by atoms with E-state index in [-0.39, 0.29) is 12.1 Å². The third kappa shape index (κ3) is 7.38. The first kappa shape index (κ1) is 27.7. The summed E-state index contributed by atoms with van der Waals surface area (Å²) in [4.78, 5) is 15.7. The molecule has 0 aromatic heterocycles. The van der Waals surface area contributed by atoms with E-state index in [0.29, 0.717) is 12.2 Å². The van der Waals surface area contributed by atoms with Gasteiger partial charge in [-0.05, 0) is 73.6 Å². The molecule has 2 N–H and O–H groups in total. The van der Waals surface area contributed by atoms with Gasteiger partial charge in [0.15, 0.2) is 0 Å². The van der Waals surface area contributed by atoms with Crippen LogP contribution in [0.2, 0.25) is 0 Å². The third-order valence-corrected chi connectivity index (χ3v) is 7.87. The largest absolute Gasteiger partial charge is 0.322 e. The van der Waals surface area contributed by atoms with Crippen LogP contribution < -0.4 is 10.0 Å². The van der Waals surface area contributed by atoms with E-state index in [2.05, 4.69) is 53.4 Å². The van der Waals surface area contributed by atoms with Crippen molar-refractivity contribution in [1.29, 1.82) is 0 Å². The summed E-state index contributed by atoms with van der Waals surface area (Å²) in [5.74, 6) is 0. The van der Waals surface area contributed by atoms with Crippen molar-refractivity contribution in [3.63, 3.8) is 0 Å². The molecule has 0 unspecified atom stereocenters. The zero-order chi connectivity index (χ0) is 27.3. The summed E-state index contributed by atoms with van der Waals surface area (Å²) in [5, 5.41) is 3.24. The van der Waals surface area contributed by atoms with E-state index in [0.717, 1.165) is 65.4 Å². The molecule has 0 aliphatic heterocycles. The summed E-state index contributed by atoms with van der Waals surface area (Å²) in [5.41, 5.74) is 7.93. The summed E-state index contributed by atoms with van der Waals surface area (Å²) >= 11 is 0. The van der Waals surface area contributed by atoms with Gasteiger partial charge in [-0.2, -0.15) is 0 Å². The molecule has 0 heterocycles. The van der Waals surface area contributed by atoms with Gasteiger partial charge < -0.3 is 10.2 Å². The van der Waals surface area contributed by atoms with Gasteiger partial charge in [-0.25, -0.2) is 13.2 Å². The molecule has 0 bridgehead atoms. The molecule has 0 radical (unpaired) electrons. The molecule has 0 saturated heterocycles. The first-order valence-corrected chi connectivity index (χ1v) is 15.3. The van der Waals surface area contributed by atoms with Gasteiger partial charge in [-0.3, -0.25) is 4.72 Å². The maximum atomic E-state index is 13.7. The molecular weight excluding hydrogens is 494 g/mol. The first-order valence-electron chi connectivity index (χ1n) is 13.4. The lowest BCUT2D eigenvalue weighted by molar-refractivity contribution is 0.175. The molecule has 6 nitrogen and oxygen atoms in total. The average molecular weight is 534 g/mol. The van der Waals surface area contributed by atoms with Gasteiger partial charge in [-0.1, -0.05) is 79.8 Å². The maximum Gasteiger partial charge on any atom is 0.322 e. The molecule has 1 aliphatic carbocycles. The fourth-order valence-electron chi connectivity index (χ4n) is 5.44.